The van der Waals surface area contributed by atoms with Gasteiger partial charge in [-0.3, -0.25) is 9.80 Å². The summed E-state index contributed by atoms with van der Waals surface area (Å²) in [5.74, 6) is 5.16. The lowest BCUT2D eigenvalue weighted by Gasteiger charge is -2.42. The molecule has 0 aromatic carbocycles. The van der Waals surface area contributed by atoms with Gasteiger partial charge in [0.25, 0.3) is 0 Å². The normalized spacial score (nSPS) is 50.5. The van der Waals surface area contributed by atoms with Crippen LogP contribution < -0.4 is 0 Å². The molecule has 3 heterocycles. The lowest BCUT2D eigenvalue weighted by atomic mass is 10.0. The maximum Gasteiger partial charge on any atom is 0.0350 e. The first-order chi connectivity index (χ1) is 10.7. The number of hydrogen-bond acceptors (Lipinski definition) is 3. The van der Waals surface area contributed by atoms with E-state index in [1.165, 1.54) is 65.0 Å². The summed E-state index contributed by atoms with van der Waals surface area (Å²) >= 11 is 0. The second-order valence-electron chi connectivity index (χ2n) is 9.52. The smallest absolute Gasteiger partial charge is 0.0350 e. The summed E-state index contributed by atoms with van der Waals surface area (Å²) in [6.07, 6.45) is 6.06. The van der Waals surface area contributed by atoms with Crippen LogP contribution in [0.4, 0.5) is 0 Å². The van der Waals surface area contributed by atoms with Crippen molar-refractivity contribution in [2.24, 2.45) is 29.6 Å². The van der Waals surface area contributed by atoms with E-state index in [9.17, 15) is 0 Å². The minimum Gasteiger partial charge on any atom is -0.303 e. The molecule has 0 N–H and O–H groups in total. The van der Waals surface area contributed by atoms with E-state index in [0.29, 0.717) is 0 Å². The zero-order valence-electron chi connectivity index (χ0n) is 14.5. The molecule has 0 radical (unpaired) electrons. The van der Waals surface area contributed by atoms with Crippen molar-refractivity contribution in [2.45, 2.75) is 44.7 Å². The third-order valence-corrected chi connectivity index (χ3v) is 7.85. The van der Waals surface area contributed by atoms with Gasteiger partial charge in [0.1, 0.15) is 0 Å². The van der Waals surface area contributed by atoms with Gasteiger partial charge < -0.3 is 4.90 Å². The largest absolute Gasteiger partial charge is 0.303 e. The Balaban J connectivity index is 1.15. The van der Waals surface area contributed by atoms with E-state index >= 15 is 0 Å². The summed E-state index contributed by atoms with van der Waals surface area (Å²) in [5, 5.41) is 0. The molecule has 3 saturated heterocycles. The molecule has 3 aliphatic heterocycles. The summed E-state index contributed by atoms with van der Waals surface area (Å²) in [5.41, 5.74) is 0. The molecule has 2 aliphatic carbocycles. The molecule has 4 atom stereocenters. The average Bonchev–Trinajstić information content (AvgIpc) is 3.10. The van der Waals surface area contributed by atoms with Crippen molar-refractivity contribution in [3.8, 4) is 0 Å². The Morgan fingerprint density at radius 1 is 0.591 bits per heavy atom. The maximum atomic E-state index is 2.92. The monoisotopic (exact) mass is 303 g/mol. The fourth-order valence-corrected chi connectivity index (χ4v) is 6.73. The Morgan fingerprint density at radius 3 is 1.55 bits per heavy atom. The van der Waals surface area contributed by atoms with Crippen LogP contribution in [0.3, 0.4) is 0 Å². The molecule has 5 rings (SSSR count). The Kier molecular flexibility index (Phi) is 3.36. The second kappa shape index (κ2) is 5.19. The first-order valence-electron chi connectivity index (χ1n) is 9.82. The number of likely N-dealkylation sites (N-methyl/N-ethyl adjacent to an activating group) is 1. The molecule has 0 bridgehead atoms. The molecule has 0 spiro atoms. The van der Waals surface area contributed by atoms with Gasteiger partial charge in [-0.2, -0.15) is 0 Å². The molecule has 0 aromatic rings. The molecular weight excluding hydrogens is 270 g/mol. The molecule has 0 aromatic heterocycles. The lowest BCUT2D eigenvalue weighted by Crippen LogP contribution is -2.57. The number of nitrogens with zero attached hydrogens (tertiary/aromatic N) is 3. The Hall–Kier alpha value is -0.120. The van der Waals surface area contributed by atoms with E-state index in [-0.39, 0.29) is 0 Å². The minimum atomic E-state index is 0.890. The van der Waals surface area contributed by atoms with Gasteiger partial charge in [-0.15, -0.1) is 0 Å². The highest BCUT2D eigenvalue weighted by molar-refractivity contribution is 5.02. The quantitative estimate of drug-likeness (QED) is 0.772. The number of rotatable bonds is 2. The first-order valence-corrected chi connectivity index (χ1v) is 9.82. The van der Waals surface area contributed by atoms with Crippen molar-refractivity contribution in [1.82, 2.24) is 14.7 Å². The minimum absolute atomic E-state index is 0.890. The zero-order chi connectivity index (χ0) is 14.8. The van der Waals surface area contributed by atoms with Crippen LogP contribution in [0.15, 0.2) is 0 Å². The van der Waals surface area contributed by atoms with Crippen LogP contribution >= 0.6 is 0 Å². The van der Waals surface area contributed by atoms with Gasteiger partial charge in [0.05, 0.1) is 0 Å². The first kappa shape index (κ1) is 14.2. The summed E-state index contributed by atoms with van der Waals surface area (Å²) in [4.78, 5) is 8.21. The number of fused-ring (bicyclic) bond motifs is 2. The van der Waals surface area contributed by atoms with E-state index in [4.69, 9.17) is 0 Å². The van der Waals surface area contributed by atoms with Crippen molar-refractivity contribution >= 4 is 0 Å². The van der Waals surface area contributed by atoms with Gasteiger partial charge in [0.15, 0.2) is 0 Å². The summed E-state index contributed by atoms with van der Waals surface area (Å²) < 4.78 is 0. The summed E-state index contributed by atoms with van der Waals surface area (Å²) in [7, 11) is 2.26. The van der Waals surface area contributed by atoms with E-state index in [1.54, 1.807) is 0 Å². The molecule has 2 saturated carbocycles. The molecule has 124 valence electrons. The fraction of sp³-hybridized carbons (Fsp3) is 1.00. The SMILES string of the molecule is CC1CC2CN(C3CC4CN(C5CN(C)C5)CC4C3)CC2C1. The predicted molar refractivity (Wildman–Crippen MR) is 89.8 cm³/mol. The molecule has 3 heteroatoms. The average molecular weight is 303 g/mol. The van der Waals surface area contributed by atoms with Gasteiger partial charge in [0.2, 0.25) is 0 Å². The molecule has 22 heavy (non-hydrogen) atoms. The molecule has 5 aliphatic rings. The third kappa shape index (κ3) is 2.27. The predicted octanol–water partition coefficient (Wildman–Crippen LogP) is 1.99. The maximum absolute atomic E-state index is 2.92. The van der Waals surface area contributed by atoms with Crippen LogP contribution in [0.5, 0.6) is 0 Å². The van der Waals surface area contributed by atoms with Crippen molar-refractivity contribution < 1.29 is 0 Å². The number of likely N-dealkylation sites (tertiary alicyclic amines) is 3. The Labute approximate surface area is 136 Å². The van der Waals surface area contributed by atoms with Crippen molar-refractivity contribution in [1.29, 1.82) is 0 Å². The van der Waals surface area contributed by atoms with Crippen molar-refractivity contribution in [3.05, 3.63) is 0 Å². The highest BCUT2D eigenvalue weighted by Gasteiger charge is 2.48. The highest BCUT2D eigenvalue weighted by atomic mass is 15.3. The van der Waals surface area contributed by atoms with E-state index < -0.39 is 0 Å². The van der Waals surface area contributed by atoms with E-state index in [1.807, 2.05) is 0 Å². The second-order valence-corrected chi connectivity index (χ2v) is 9.52. The molecular formula is C19H33N3. The molecule has 0 amide bonds. The van der Waals surface area contributed by atoms with Gasteiger partial charge in [-0.25, -0.2) is 0 Å². The van der Waals surface area contributed by atoms with Crippen LogP contribution in [-0.2, 0) is 0 Å². The van der Waals surface area contributed by atoms with E-state index in [2.05, 4.69) is 28.7 Å². The Morgan fingerprint density at radius 2 is 1.05 bits per heavy atom. The third-order valence-electron chi connectivity index (χ3n) is 7.85. The lowest BCUT2D eigenvalue weighted by molar-refractivity contribution is 0.0609. The highest BCUT2D eigenvalue weighted by Crippen LogP contribution is 2.46. The van der Waals surface area contributed by atoms with Gasteiger partial charge in [-0.05, 0) is 62.3 Å². The van der Waals surface area contributed by atoms with Crippen LogP contribution in [0.25, 0.3) is 0 Å². The van der Waals surface area contributed by atoms with Gasteiger partial charge in [-0.1, -0.05) is 6.92 Å². The van der Waals surface area contributed by atoms with Crippen LogP contribution in [-0.4, -0.2) is 73.1 Å². The molecule has 4 unspecified atom stereocenters. The summed E-state index contributed by atoms with van der Waals surface area (Å²) in [6, 6.07) is 1.84. The zero-order valence-corrected chi connectivity index (χ0v) is 14.5. The molecule has 5 fully saturated rings. The van der Waals surface area contributed by atoms with Gasteiger partial charge in [0, 0.05) is 51.4 Å². The summed E-state index contributed by atoms with van der Waals surface area (Å²) in [6.45, 7) is 10.8. The topological polar surface area (TPSA) is 9.72 Å². The van der Waals surface area contributed by atoms with Crippen LogP contribution in [0, 0.1) is 29.6 Å². The van der Waals surface area contributed by atoms with Crippen molar-refractivity contribution in [3.63, 3.8) is 0 Å². The van der Waals surface area contributed by atoms with E-state index in [0.717, 1.165) is 41.7 Å². The molecule has 3 nitrogen and oxygen atoms in total. The van der Waals surface area contributed by atoms with Crippen LogP contribution in [0.1, 0.15) is 32.6 Å². The Bertz CT molecular complexity index is 404. The van der Waals surface area contributed by atoms with Crippen molar-refractivity contribution in [2.75, 3.05) is 46.3 Å². The fourth-order valence-electron chi connectivity index (χ4n) is 6.73. The standard InChI is InChI=1S/C19H33N3/c1-13-3-14-7-21(8-15(14)4-13)18-5-16-9-22(10-17(16)6-18)19-11-20(2)12-19/h13-19H,3-12H2,1-2H3. The number of hydrogen-bond donors (Lipinski definition) is 0. The van der Waals surface area contributed by atoms with Gasteiger partial charge >= 0.3 is 0 Å². The van der Waals surface area contributed by atoms with Crippen LogP contribution in [0.2, 0.25) is 0 Å².